The number of benzene rings is 2. The van der Waals surface area contributed by atoms with Crippen molar-refractivity contribution in [1.29, 1.82) is 0 Å². The Bertz CT molecular complexity index is 1320. The SMILES string of the molecule is O=C(NCc1nnnn1-c1ccccc1)C1CN(Cc2nc3ccccc3c(=O)[nH]2)CCO1. The summed E-state index contributed by atoms with van der Waals surface area (Å²) in [6.07, 6.45) is -0.646. The second-order valence-electron chi connectivity index (χ2n) is 7.68. The molecule has 0 radical (unpaired) electrons. The van der Waals surface area contributed by atoms with Gasteiger partial charge in [-0.15, -0.1) is 5.10 Å². The molecule has 2 aromatic carbocycles. The number of nitrogens with one attached hydrogen (secondary N) is 2. The Hall–Kier alpha value is -3.96. The summed E-state index contributed by atoms with van der Waals surface area (Å²) in [6.45, 7) is 2.00. The molecule has 2 N–H and O–H groups in total. The minimum absolute atomic E-state index is 0.167. The van der Waals surface area contributed by atoms with Gasteiger partial charge in [0.05, 0.1) is 36.3 Å². The van der Waals surface area contributed by atoms with Gasteiger partial charge in [-0.1, -0.05) is 30.3 Å². The van der Waals surface area contributed by atoms with Crippen LogP contribution in [-0.4, -0.2) is 66.8 Å². The van der Waals surface area contributed by atoms with Gasteiger partial charge in [0.1, 0.15) is 11.9 Å². The molecule has 3 heterocycles. The molecule has 4 aromatic rings. The van der Waals surface area contributed by atoms with E-state index >= 15 is 0 Å². The summed E-state index contributed by atoms with van der Waals surface area (Å²) in [6, 6.07) is 16.7. The monoisotopic (exact) mass is 446 g/mol. The summed E-state index contributed by atoms with van der Waals surface area (Å²) in [5, 5.41) is 15.1. The molecule has 1 aliphatic heterocycles. The van der Waals surface area contributed by atoms with Gasteiger partial charge in [0.2, 0.25) is 0 Å². The van der Waals surface area contributed by atoms with Crippen molar-refractivity contribution in [3.05, 3.63) is 76.6 Å². The van der Waals surface area contributed by atoms with E-state index in [9.17, 15) is 9.59 Å². The maximum absolute atomic E-state index is 12.8. The summed E-state index contributed by atoms with van der Waals surface area (Å²) < 4.78 is 7.26. The summed E-state index contributed by atoms with van der Waals surface area (Å²) in [7, 11) is 0. The number of amides is 1. The zero-order valence-electron chi connectivity index (χ0n) is 17.7. The fourth-order valence-corrected chi connectivity index (χ4v) is 3.79. The number of morpholine rings is 1. The average molecular weight is 446 g/mol. The molecule has 1 fully saturated rings. The third kappa shape index (κ3) is 4.64. The fourth-order valence-electron chi connectivity index (χ4n) is 3.79. The third-order valence-electron chi connectivity index (χ3n) is 5.43. The van der Waals surface area contributed by atoms with Crippen LogP contribution in [0.3, 0.4) is 0 Å². The van der Waals surface area contributed by atoms with Crippen LogP contribution in [0, 0.1) is 0 Å². The maximum atomic E-state index is 12.8. The predicted octanol–water partition coefficient (Wildman–Crippen LogP) is 0.416. The molecule has 33 heavy (non-hydrogen) atoms. The fraction of sp³-hybridized carbons (Fsp3) is 0.273. The van der Waals surface area contributed by atoms with Crippen LogP contribution in [-0.2, 0) is 22.6 Å². The van der Waals surface area contributed by atoms with Gasteiger partial charge in [0.25, 0.3) is 11.5 Å². The molecular formula is C22H22N8O3. The van der Waals surface area contributed by atoms with Crippen LogP contribution >= 0.6 is 0 Å². The van der Waals surface area contributed by atoms with Crippen LogP contribution in [0.1, 0.15) is 11.6 Å². The van der Waals surface area contributed by atoms with Gasteiger partial charge < -0.3 is 15.0 Å². The van der Waals surface area contributed by atoms with Crippen molar-refractivity contribution >= 4 is 16.8 Å². The van der Waals surface area contributed by atoms with Crippen molar-refractivity contribution in [3.63, 3.8) is 0 Å². The molecule has 1 atom stereocenters. The number of carbonyl (C=O) groups excluding carboxylic acids is 1. The lowest BCUT2D eigenvalue weighted by Crippen LogP contribution is -2.49. The van der Waals surface area contributed by atoms with Gasteiger partial charge in [-0.05, 0) is 34.7 Å². The highest BCUT2D eigenvalue weighted by Crippen LogP contribution is 2.11. The van der Waals surface area contributed by atoms with Gasteiger partial charge in [-0.3, -0.25) is 14.5 Å². The molecule has 0 aliphatic carbocycles. The number of aromatic nitrogens is 6. The van der Waals surface area contributed by atoms with Crippen LogP contribution in [0.15, 0.2) is 59.4 Å². The molecule has 11 heteroatoms. The normalized spacial score (nSPS) is 16.7. The molecule has 1 amide bonds. The van der Waals surface area contributed by atoms with Crippen molar-refractivity contribution in [1.82, 2.24) is 40.4 Å². The third-order valence-corrected chi connectivity index (χ3v) is 5.43. The largest absolute Gasteiger partial charge is 0.366 e. The minimum atomic E-state index is -0.646. The van der Waals surface area contributed by atoms with Crippen molar-refractivity contribution in [3.8, 4) is 5.69 Å². The van der Waals surface area contributed by atoms with E-state index in [1.165, 1.54) is 0 Å². The number of tetrazole rings is 1. The molecule has 5 rings (SSSR count). The Labute approximate surface area is 188 Å². The molecule has 11 nitrogen and oxygen atoms in total. The molecule has 0 saturated carbocycles. The van der Waals surface area contributed by atoms with E-state index in [0.29, 0.717) is 48.8 Å². The number of hydrogen-bond donors (Lipinski definition) is 2. The van der Waals surface area contributed by atoms with Crippen molar-refractivity contribution in [2.75, 3.05) is 19.7 Å². The zero-order chi connectivity index (χ0) is 22.6. The number of carbonyl (C=O) groups is 1. The Kier molecular flexibility index (Phi) is 5.87. The minimum Gasteiger partial charge on any atom is -0.366 e. The lowest BCUT2D eigenvalue weighted by molar-refractivity contribution is -0.139. The number of rotatable bonds is 6. The Balaban J connectivity index is 1.21. The first kappa shape index (κ1) is 20.9. The Morgan fingerprint density at radius 3 is 2.85 bits per heavy atom. The first-order chi connectivity index (χ1) is 16.2. The number of fused-ring (bicyclic) bond motifs is 1. The van der Waals surface area contributed by atoms with Crippen molar-refractivity contribution < 1.29 is 9.53 Å². The highest BCUT2D eigenvalue weighted by atomic mass is 16.5. The summed E-state index contributed by atoms with van der Waals surface area (Å²) in [5.74, 6) is 0.823. The summed E-state index contributed by atoms with van der Waals surface area (Å²) in [4.78, 5) is 34.5. The van der Waals surface area contributed by atoms with Crippen LogP contribution < -0.4 is 10.9 Å². The molecule has 0 spiro atoms. The standard InChI is InChI=1S/C22H22N8O3/c31-21-16-8-4-5-9-17(16)24-19(25-21)14-29-10-11-33-18(13-29)22(32)23-12-20-26-27-28-30(20)15-6-2-1-3-7-15/h1-9,18H,10-14H2,(H,23,32)(H,24,25,31). The maximum Gasteiger partial charge on any atom is 0.258 e. The Morgan fingerprint density at radius 1 is 1.15 bits per heavy atom. The van der Waals surface area contributed by atoms with Gasteiger partial charge in [0, 0.05) is 13.1 Å². The average Bonchev–Trinajstić information content (AvgIpc) is 3.32. The van der Waals surface area contributed by atoms with E-state index < -0.39 is 6.10 Å². The number of para-hydroxylation sites is 2. The van der Waals surface area contributed by atoms with E-state index in [-0.39, 0.29) is 18.0 Å². The van der Waals surface area contributed by atoms with Gasteiger partial charge in [-0.2, -0.15) is 4.68 Å². The molecule has 0 bridgehead atoms. The summed E-state index contributed by atoms with van der Waals surface area (Å²) in [5.41, 5.74) is 1.29. The molecule has 1 aliphatic rings. The van der Waals surface area contributed by atoms with E-state index in [1.54, 1.807) is 10.7 Å². The highest BCUT2D eigenvalue weighted by molar-refractivity contribution is 5.81. The highest BCUT2D eigenvalue weighted by Gasteiger charge is 2.27. The lowest BCUT2D eigenvalue weighted by atomic mass is 10.2. The second-order valence-corrected chi connectivity index (χ2v) is 7.68. The van der Waals surface area contributed by atoms with E-state index in [1.807, 2.05) is 53.4 Å². The topological polar surface area (TPSA) is 131 Å². The predicted molar refractivity (Wildman–Crippen MR) is 118 cm³/mol. The second kappa shape index (κ2) is 9.27. The summed E-state index contributed by atoms with van der Waals surface area (Å²) >= 11 is 0. The van der Waals surface area contributed by atoms with Crippen molar-refractivity contribution in [2.24, 2.45) is 0 Å². The molecule has 2 aromatic heterocycles. The first-order valence-corrected chi connectivity index (χ1v) is 10.6. The van der Waals surface area contributed by atoms with E-state index in [0.717, 1.165) is 5.69 Å². The molecule has 1 saturated heterocycles. The van der Waals surface area contributed by atoms with Gasteiger partial charge in [-0.25, -0.2) is 4.98 Å². The number of aromatic amines is 1. The van der Waals surface area contributed by atoms with E-state index in [4.69, 9.17) is 4.74 Å². The van der Waals surface area contributed by atoms with Gasteiger partial charge in [0.15, 0.2) is 5.82 Å². The van der Waals surface area contributed by atoms with E-state index in [2.05, 4.69) is 30.8 Å². The van der Waals surface area contributed by atoms with Crippen LogP contribution in [0.5, 0.6) is 0 Å². The van der Waals surface area contributed by atoms with Crippen LogP contribution in [0.4, 0.5) is 0 Å². The quantitative estimate of drug-likeness (QED) is 0.436. The zero-order valence-corrected chi connectivity index (χ0v) is 17.7. The number of nitrogens with zero attached hydrogens (tertiary/aromatic N) is 6. The first-order valence-electron chi connectivity index (χ1n) is 10.6. The van der Waals surface area contributed by atoms with Crippen LogP contribution in [0.2, 0.25) is 0 Å². The van der Waals surface area contributed by atoms with Crippen LogP contribution in [0.25, 0.3) is 16.6 Å². The molecule has 168 valence electrons. The Morgan fingerprint density at radius 2 is 1.97 bits per heavy atom. The number of ether oxygens (including phenoxy) is 1. The molecular weight excluding hydrogens is 424 g/mol. The lowest BCUT2D eigenvalue weighted by Gasteiger charge is -2.31. The smallest absolute Gasteiger partial charge is 0.258 e. The van der Waals surface area contributed by atoms with Gasteiger partial charge >= 0.3 is 0 Å². The molecule has 1 unspecified atom stereocenters. The number of hydrogen-bond acceptors (Lipinski definition) is 8. The van der Waals surface area contributed by atoms with Crippen molar-refractivity contribution in [2.45, 2.75) is 19.2 Å². The number of H-pyrrole nitrogens is 1.